The molecule has 0 aliphatic heterocycles. The van der Waals surface area contributed by atoms with Gasteiger partial charge in [-0.1, -0.05) is 30.3 Å². The monoisotopic (exact) mass is 204 g/mol. The summed E-state index contributed by atoms with van der Waals surface area (Å²) in [5.74, 6) is 1.08. The predicted octanol–water partition coefficient (Wildman–Crippen LogP) is 1.20. The molecule has 0 bridgehead atoms. The van der Waals surface area contributed by atoms with Crippen LogP contribution in [0.4, 0.5) is 0 Å². The molecule has 0 aliphatic rings. The zero-order valence-corrected chi connectivity index (χ0v) is 8.26. The highest BCUT2D eigenvalue weighted by Crippen LogP contribution is 2.08. The second kappa shape index (κ2) is 4.70. The average Bonchev–Trinajstić information content (AvgIpc) is 2.68. The Morgan fingerprint density at radius 3 is 2.53 bits per heavy atom. The topological polar surface area (TPSA) is 59.2 Å². The lowest BCUT2D eigenvalue weighted by atomic mass is 10.2. The molecule has 0 aliphatic carbocycles. The predicted molar refractivity (Wildman–Crippen MR) is 54.3 cm³/mol. The van der Waals surface area contributed by atoms with Crippen LogP contribution in [0.1, 0.15) is 17.3 Å². The highest BCUT2D eigenvalue weighted by Gasteiger charge is 2.05. The lowest BCUT2D eigenvalue weighted by molar-refractivity contribution is 0.283. The lowest BCUT2D eigenvalue weighted by Crippen LogP contribution is -1.89. The summed E-state index contributed by atoms with van der Waals surface area (Å²) in [5, 5.41) is 16.4. The maximum Gasteiger partial charge on any atom is 0.220 e. The summed E-state index contributed by atoms with van der Waals surface area (Å²) in [6.45, 7) is 0.0347. The van der Waals surface area contributed by atoms with E-state index < -0.39 is 0 Å². The molecule has 4 nitrogen and oxygen atoms in total. The van der Waals surface area contributed by atoms with Crippen LogP contribution in [0.2, 0.25) is 0 Å². The van der Waals surface area contributed by atoms with Gasteiger partial charge in [0, 0.05) is 6.42 Å². The molecule has 1 heterocycles. The molecule has 0 saturated carbocycles. The smallest absolute Gasteiger partial charge is 0.220 e. The Hall–Kier alpha value is -1.68. The van der Waals surface area contributed by atoms with Crippen LogP contribution in [0.25, 0.3) is 0 Å². The minimum absolute atomic E-state index is 0.0347. The number of nitrogens with zero attached hydrogens (tertiary/aromatic N) is 2. The van der Waals surface area contributed by atoms with Gasteiger partial charge in [0.25, 0.3) is 0 Å². The summed E-state index contributed by atoms with van der Waals surface area (Å²) in [6, 6.07) is 9.93. The quantitative estimate of drug-likeness (QED) is 0.812. The minimum atomic E-state index is 0.0347. The van der Waals surface area contributed by atoms with Crippen molar-refractivity contribution in [3.05, 3.63) is 47.7 Å². The fourth-order valence-electron chi connectivity index (χ4n) is 1.33. The third-order valence-electron chi connectivity index (χ3n) is 2.03. The van der Waals surface area contributed by atoms with Crippen molar-refractivity contribution in [2.75, 3.05) is 6.61 Å². The number of hydrogen-bond donors (Lipinski definition) is 1. The van der Waals surface area contributed by atoms with Crippen LogP contribution in [0.5, 0.6) is 0 Å². The Kier molecular flexibility index (Phi) is 3.09. The molecule has 78 valence electrons. The van der Waals surface area contributed by atoms with Crippen LogP contribution in [-0.2, 0) is 12.8 Å². The van der Waals surface area contributed by atoms with Gasteiger partial charge in [0.15, 0.2) is 0 Å². The first-order valence-corrected chi connectivity index (χ1v) is 4.84. The van der Waals surface area contributed by atoms with Gasteiger partial charge < -0.3 is 9.52 Å². The fraction of sp³-hybridized carbons (Fsp3) is 0.273. The molecular weight excluding hydrogens is 192 g/mol. The molecule has 0 spiro atoms. The van der Waals surface area contributed by atoms with Crippen LogP contribution < -0.4 is 0 Å². The fourth-order valence-corrected chi connectivity index (χ4v) is 1.33. The van der Waals surface area contributed by atoms with Crippen LogP contribution in [0, 0.1) is 0 Å². The van der Waals surface area contributed by atoms with Gasteiger partial charge in [0.05, 0.1) is 13.0 Å². The van der Waals surface area contributed by atoms with E-state index in [0.29, 0.717) is 24.6 Å². The van der Waals surface area contributed by atoms with Crippen LogP contribution in [-0.4, -0.2) is 21.9 Å². The summed E-state index contributed by atoms with van der Waals surface area (Å²) in [4.78, 5) is 0. The molecule has 1 N–H and O–H groups in total. The van der Waals surface area contributed by atoms with Crippen molar-refractivity contribution in [3.8, 4) is 0 Å². The first-order valence-electron chi connectivity index (χ1n) is 4.84. The summed E-state index contributed by atoms with van der Waals surface area (Å²) >= 11 is 0. The molecule has 0 atom stereocenters. The molecule has 0 unspecified atom stereocenters. The minimum Gasteiger partial charge on any atom is -0.425 e. The third-order valence-corrected chi connectivity index (χ3v) is 2.03. The van der Waals surface area contributed by atoms with Crippen LogP contribution in [0.3, 0.4) is 0 Å². The van der Waals surface area contributed by atoms with Gasteiger partial charge >= 0.3 is 0 Å². The first kappa shape index (κ1) is 9.86. The summed E-state index contributed by atoms with van der Waals surface area (Å²) in [7, 11) is 0. The maximum atomic E-state index is 8.69. The number of aromatic nitrogens is 2. The van der Waals surface area contributed by atoms with Crippen molar-refractivity contribution >= 4 is 0 Å². The van der Waals surface area contributed by atoms with E-state index in [4.69, 9.17) is 9.52 Å². The van der Waals surface area contributed by atoms with Crippen LogP contribution in [0.15, 0.2) is 34.7 Å². The van der Waals surface area contributed by atoms with Crippen molar-refractivity contribution in [2.24, 2.45) is 0 Å². The van der Waals surface area contributed by atoms with Gasteiger partial charge in [-0.2, -0.15) is 0 Å². The molecule has 2 aromatic rings. The molecule has 0 radical (unpaired) electrons. The SMILES string of the molecule is OCCc1nnc(Cc2ccccc2)o1. The zero-order valence-electron chi connectivity index (χ0n) is 8.26. The second-order valence-electron chi connectivity index (χ2n) is 3.23. The summed E-state index contributed by atoms with van der Waals surface area (Å²) in [5.41, 5.74) is 1.14. The Balaban J connectivity index is 2.05. The van der Waals surface area contributed by atoms with E-state index in [1.165, 1.54) is 0 Å². The number of aliphatic hydroxyl groups excluding tert-OH is 1. The van der Waals surface area contributed by atoms with Crippen molar-refractivity contribution in [1.82, 2.24) is 10.2 Å². The van der Waals surface area contributed by atoms with Gasteiger partial charge in [-0.3, -0.25) is 0 Å². The van der Waals surface area contributed by atoms with E-state index in [9.17, 15) is 0 Å². The molecule has 1 aromatic heterocycles. The molecule has 2 rings (SSSR count). The number of benzene rings is 1. The second-order valence-corrected chi connectivity index (χ2v) is 3.23. The first-order chi connectivity index (χ1) is 7.38. The number of aliphatic hydroxyl groups is 1. The standard InChI is InChI=1S/C11H12N2O2/c14-7-6-10-12-13-11(15-10)8-9-4-2-1-3-5-9/h1-5,14H,6-8H2. The molecule has 4 heteroatoms. The highest BCUT2D eigenvalue weighted by atomic mass is 16.4. The Labute approximate surface area is 87.6 Å². The maximum absolute atomic E-state index is 8.69. The van der Waals surface area contributed by atoms with Gasteiger partial charge in [-0.25, -0.2) is 0 Å². The molecule has 0 fully saturated rings. The number of hydrogen-bond acceptors (Lipinski definition) is 4. The highest BCUT2D eigenvalue weighted by molar-refractivity contribution is 5.17. The Bertz CT molecular complexity index is 412. The van der Waals surface area contributed by atoms with Crippen molar-refractivity contribution in [3.63, 3.8) is 0 Å². The van der Waals surface area contributed by atoms with E-state index in [0.717, 1.165) is 5.56 Å². The van der Waals surface area contributed by atoms with Crippen LogP contribution >= 0.6 is 0 Å². The molecular formula is C11H12N2O2. The largest absolute Gasteiger partial charge is 0.425 e. The number of rotatable bonds is 4. The molecule has 15 heavy (non-hydrogen) atoms. The van der Waals surface area contributed by atoms with E-state index in [1.54, 1.807) is 0 Å². The zero-order chi connectivity index (χ0) is 10.5. The van der Waals surface area contributed by atoms with Gasteiger partial charge in [-0.15, -0.1) is 10.2 Å². The van der Waals surface area contributed by atoms with E-state index in [2.05, 4.69) is 10.2 Å². The van der Waals surface area contributed by atoms with Gasteiger partial charge in [0.2, 0.25) is 11.8 Å². The van der Waals surface area contributed by atoms with E-state index >= 15 is 0 Å². The van der Waals surface area contributed by atoms with Crippen molar-refractivity contribution in [1.29, 1.82) is 0 Å². The molecule has 1 aromatic carbocycles. The molecule has 0 amide bonds. The normalized spacial score (nSPS) is 10.5. The van der Waals surface area contributed by atoms with E-state index in [-0.39, 0.29) is 6.61 Å². The Morgan fingerprint density at radius 1 is 1.07 bits per heavy atom. The van der Waals surface area contributed by atoms with Crippen molar-refractivity contribution in [2.45, 2.75) is 12.8 Å². The van der Waals surface area contributed by atoms with Crippen molar-refractivity contribution < 1.29 is 9.52 Å². The third kappa shape index (κ3) is 2.63. The van der Waals surface area contributed by atoms with E-state index in [1.807, 2.05) is 30.3 Å². The Morgan fingerprint density at radius 2 is 1.80 bits per heavy atom. The summed E-state index contributed by atoms with van der Waals surface area (Å²) in [6.07, 6.45) is 1.06. The average molecular weight is 204 g/mol. The molecule has 0 saturated heterocycles. The lowest BCUT2D eigenvalue weighted by Gasteiger charge is -1.94. The van der Waals surface area contributed by atoms with Gasteiger partial charge in [-0.05, 0) is 5.56 Å². The summed E-state index contributed by atoms with van der Waals surface area (Å²) < 4.78 is 5.35. The van der Waals surface area contributed by atoms with Gasteiger partial charge in [0.1, 0.15) is 0 Å².